The second-order valence-electron chi connectivity index (χ2n) is 8.25. The van der Waals surface area contributed by atoms with Crippen LogP contribution in [0.15, 0.2) is 32.8 Å². The van der Waals surface area contributed by atoms with E-state index < -0.39 is 10.0 Å². The van der Waals surface area contributed by atoms with E-state index in [1.807, 2.05) is 11.8 Å². The lowest BCUT2D eigenvalue weighted by Gasteiger charge is -2.37. The summed E-state index contributed by atoms with van der Waals surface area (Å²) in [6, 6.07) is 5.47. The summed E-state index contributed by atoms with van der Waals surface area (Å²) in [5.41, 5.74) is 2.46. The van der Waals surface area contributed by atoms with Crippen molar-refractivity contribution in [2.45, 2.75) is 35.6 Å². The van der Waals surface area contributed by atoms with Crippen molar-refractivity contribution < 1.29 is 13.2 Å². The van der Waals surface area contributed by atoms with Gasteiger partial charge < -0.3 is 9.88 Å². The average molecular weight is 509 g/mol. The van der Waals surface area contributed by atoms with Crippen LogP contribution < -0.4 is 4.31 Å². The maximum atomic E-state index is 13.1. The monoisotopic (exact) mass is 508 g/mol. The molecule has 1 amide bonds. The highest BCUT2D eigenvalue weighted by Gasteiger charge is 2.41. The first-order valence-corrected chi connectivity index (χ1v) is 14.3. The molecule has 1 fully saturated rings. The van der Waals surface area contributed by atoms with E-state index in [9.17, 15) is 13.2 Å². The van der Waals surface area contributed by atoms with Crippen LogP contribution in [-0.4, -0.2) is 60.7 Å². The van der Waals surface area contributed by atoms with Crippen LogP contribution in [0.1, 0.15) is 30.3 Å². The van der Waals surface area contributed by atoms with Gasteiger partial charge in [0.1, 0.15) is 9.25 Å². The zero-order chi connectivity index (χ0) is 22.7. The van der Waals surface area contributed by atoms with Gasteiger partial charge in [-0.2, -0.15) is 0 Å². The number of nitrogens with zero attached hydrogens (tertiary/aromatic N) is 3. The smallest absolute Gasteiger partial charge is 0.273 e. The second-order valence-corrected chi connectivity index (χ2v) is 14.1. The number of thiophene rings is 2. The molecule has 0 atom stereocenters. The number of thioether (sulfide) groups is 1. The molecule has 1 saturated heterocycles. The van der Waals surface area contributed by atoms with Crippen molar-refractivity contribution in [1.29, 1.82) is 0 Å². The topological polar surface area (TPSA) is 85.8 Å². The largest absolute Gasteiger partial charge is 0.350 e. The van der Waals surface area contributed by atoms with Crippen molar-refractivity contribution >= 4 is 71.3 Å². The van der Waals surface area contributed by atoms with Gasteiger partial charge in [-0.05, 0) is 37.3 Å². The Morgan fingerprint density at radius 2 is 2.06 bits per heavy atom. The molecule has 170 valence electrons. The maximum Gasteiger partial charge on any atom is 0.273 e. The summed E-state index contributed by atoms with van der Waals surface area (Å²) in [6.07, 6.45) is 1.87. The number of aromatic nitrogens is 1. The molecule has 0 saturated carbocycles. The molecule has 5 rings (SSSR count). The van der Waals surface area contributed by atoms with Crippen LogP contribution in [-0.2, 0) is 14.8 Å². The number of anilines is 1. The molecule has 0 aliphatic carbocycles. The van der Waals surface area contributed by atoms with Crippen LogP contribution in [0.5, 0.6) is 0 Å². The Balaban J connectivity index is 1.41. The molecule has 11 heteroatoms. The second kappa shape index (κ2) is 7.89. The zero-order valence-corrected chi connectivity index (χ0v) is 21.3. The molecular formula is C21H24N4O3S4. The molecular weight excluding hydrogens is 485 g/mol. The van der Waals surface area contributed by atoms with Gasteiger partial charge in [0.15, 0.2) is 0 Å². The van der Waals surface area contributed by atoms with Gasteiger partial charge in [-0.3, -0.25) is 14.1 Å². The van der Waals surface area contributed by atoms with Gasteiger partial charge in [0, 0.05) is 36.7 Å². The van der Waals surface area contributed by atoms with Crippen LogP contribution in [0.2, 0.25) is 0 Å². The van der Waals surface area contributed by atoms with Gasteiger partial charge in [0.2, 0.25) is 5.91 Å². The molecule has 0 radical (unpaired) electrons. The van der Waals surface area contributed by atoms with E-state index in [2.05, 4.69) is 11.1 Å². The standard InChI is InChI=1S/C21H24N4O3S4/c1-13-19(24(3)32(27,28)17-5-4-10-29-17)18-16(30-13)11-15(23-18)20-22-12-21(31-20)6-8-25(9-7-21)14(2)26/h4-5,10-11,23H,6-9,12H2,1-3H3. The lowest BCUT2D eigenvalue weighted by molar-refractivity contribution is -0.129. The summed E-state index contributed by atoms with van der Waals surface area (Å²) in [7, 11) is -1.99. The summed E-state index contributed by atoms with van der Waals surface area (Å²) in [4.78, 5) is 22.8. The van der Waals surface area contributed by atoms with Crippen LogP contribution in [0.25, 0.3) is 10.2 Å². The molecule has 0 aromatic carbocycles. The highest BCUT2D eigenvalue weighted by Crippen LogP contribution is 2.45. The lowest BCUT2D eigenvalue weighted by atomic mass is 9.96. The minimum absolute atomic E-state index is 0.0534. The van der Waals surface area contributed by atoms with Crippen molar-refractivity contribution in [2.75, 3.05) is 31.0 Å². The third-order valence-corrected chi connectivity index (χ3v) is 11.9. The first kappa shape index (κ1) is 22.0. The number of aromatic amines is 1. The maximum absolute atomic E-state index is 13.1. The predicted octanol–water partition coefficient (Wildman–Crippen LogP) is 4.30. The molecule has 0 unspecified atom stereocenters. The summed E-state index contributed by atoms with van der Waals surface area (Å²) >= 11 is 4.61. The minimum atomic E-state index is -3.61. The number of aliphatic imine (C=N–C) groups is 1. The Morgan fingerprint density at radius 3 is 2.72 bits per heavy atom. The van der Waals surface area contributed by atoms with Gasteiger partial charge in [-0.25, -0.2) is 8.42 Å². The molecule has 1 N–H and O–H groups in total. The lowest BCUT2D eigenvalue weighted by Crippen LogP contribution is -2.45. The van der Waals surface area contributed by atoms with Crippen LogP contribution in [0.4, 0.5) is 5.69 Å². The summed E-state index contributed by atoms with van der Waals surface area (Å²) in [5.74, 6) is 0.137. The van der Waals surface area contributed by atoms with E-state index in [4.69, 9.17) is 4.99 Å². The number of piperidine rings is 1. The van der Waals surface area contributed by atoms with E-state index >= 15 is 0 Å². The molecule has 32 heavy (non-hydrogen) atoms. The normalized spacial score (nSPS) is 18.5. The van der Waals surface area contributed by atoms with Crippen molar-refractivity contribution in [2.24, 2.45) is 4.99 Å². The molecule has 7 nitrogen and oxygen atoms in total. The van der Waals surface area contributed by atoms with Gasteiger partial charge in [0.25, 0.3) is 10.0 Å². The molecule has 1 spiro atoms. The highest BCUT2D eigenvalue weighted by molar-refractivity contribution is 8.15. The number of carbonyl (C=O) groups is 1. The van der Waals surface area contributed by atoms with E-state index in [0.717, 1.165) is 58.3 Å². The Hall–Kier alpha value is -1.82. The quantitative estimate of drug-likeness (QED) is 0.569. The van der Waals surface area contributed by atoms with E-state index in [1.54, 1.807) is 54.6 Å². The Kier molecular flexibility index (Phi) is 5.43. The number of sulfonamides is 1. The van der Waals surface area contributed by atoms with Crippen molar-refractivity contribution in [3.8, 4) is 0 Å². The first-order chi connectivity index (χ1) is 15.2. The third kappa shape index (κ3) is 3.59. The number of amides is 1. The minimum Gasteiger partial charge on any atom is -0.350 e. The fourth-order valence-corrected chi connectivity index (χ4v) is 9.21. The number of rotatable bonds is 4. The molecule has 5 heterocycles. The number of hydrogen-bond acceptors (Lipinski definition) is 7. The molecule has 3 aromatic heterocycles. The van der Waals surface area contributed by atoms with Gasteiger partial charge in [-0.15, -0.1) is 22.7 Å². The molecule has 2 aliphatic heterocycles. The van der Waals surface area contributed by atoms with E-state index in [1.165, 1.54) is 15.6 Å². The number of carbonyl (C=O) groups excluding carboxylic acids is 1. The average Bonchev–Trinajstić information content (AvgIpc) is 3.52. The third-order valence-electron chi connectivity index (χ3n) is 6.21. The molecule has 0 bridgehead atoms. The Labute approximate surface area is 199 Å². The van der Waals surface area contributed by atoms with Crippen molar-refractivity contribution in [1.82, 2.24) is 9.88 Å². The number of H-pyrrole nitrogens is 1. The fraction of sp³-hybridized carbons (Fsp3) is 0.429. The SMILES string of the molecule is CC(=O)N1CCC2(CC1)CN=C(c1cc3sc(C)c(N(C)S(=O)(=O)c4cccs4)c3[nH]1)S2. The van der Waals surface area contributed by atoms with Gasteiger partial charge in [-0.1, -0.05) is 17.8 Å². The number of fused-ring (bicyclic) bond motifs is 1. The summed E-state index contributed by atoms with van der Waals surface area (Å²) < 4.78 is 29.0. The number of hydrogen-bond donors (Lipinski definition) is 1. The number of likely N-dealkylation sites (tertiary alicyclic amines) is 1. The van der Waals surface area contributed by atoms with Crippen molar-refractivity contribution in [3.63, 3.8) is 0 Å². The molecule has 3 aromatic rings. The molecule has 2 aliphatic rings. The summed E-state index contributed by atoms with van der Waals surface area (Å²) in [5, 5.41) is 2.74. The Morgan fingerprint density at radius 1 is 1.31 bits per heavy atom. The van der Waals surface area contributed by atoms with Crippen LogP contribution in [0.3, 0.4) is 0 Å². The number of aryl methyl sites for hydroxylation is 1. The van der Waals surface area contributed by atoms with E-state index in [-0.39, 0.29) is 10.7 Å². The fourth-order valence-electron chi connectivity index (χ4n) is 4.36. The van der Waals surface area contributed by atoms with E-state index in [0.29, 0.717) is 9.90 Å². The van der Waals surface area contributed by atoms with Crippen LogP contribution in [0, 0.1) is 6.92 Å². The van der Waals surface area contributed by atoms with Crippen LogP contribution >= 0.6 is 34.4 Å². The zero-order valence-electron chi connectivity index (χ0n) is 18.0. The van der Waals surface area contributed by atoms with Crippen molar-refractivity contribution in [3.05, 3.63) is 34.2 Å². The summed E-state index contributed by atoms with van der Waals surface area (Å²) in [6.45, 7) is 5.89. The first-order valence-electron chi connectivity index (χ1n) is 10.3. The van der Waals surface area contributed by atoms with Gasteiger partial charge >= 0.3 is 0 Å². The highest BCUT2D eigenvalue weighted by atomic mass is 32.2. The predicted molar refractivity (Wildman–Crippen MR) is 134 cm³/mol. The number of nitrogens with one attached hydrogen (secondary N) is 1. The Bertz CT molecular complexity index is 1310. The van der Waals surface area contributed by atoms with Gasteiger partial charge in [0.05, 0.1) is 28.1 Å².